The minimum atomic E-state index is -0.906. The normalized spacial score (nSPS) is 16.7. The van der Waals surface area contributed by atoms with Gasteiger partial charge in [0.25, 0.3) is 0 Å². The lowest BCUT2D eigenvalue weighted by Gasteiger charge is -2.27. The zero-order valence-electron chi connectivity index (χ0n) is 18.0. The molecule has 1 unspecified atom stereocenters. The van der Waals surface area contributed by atoms with Crippen molar-refractivity contribution < 1.29 is 4.79 Å². The van der Waals surface area contributed by atoms with E-state index in [4.69, 9.17) is 23.2 Å². The van der Waals surface area contributed by atoms with Crippen LogP contribution in [0.3, 0.4) is 0 Å². The maximum atomic E-state index is 12.6. The Morgan fingerprint density at radius 1 is 1.32 bits per heavy atom. The molecular weight excluding hydrogens is 453 g/mol. The summed E-state index contributed by atoms with van der Waals surface area (Å²) in [5, 5.41) is 22.9. The lowest BCUT2D eigenvalue weighted by Crippen LogP contribution is -2.49. The van der Waals surface area contributed by atoms with Crippen LogP contribution in [0.4, 0.5) is 0 Å². The van der Waals surface area contributed by atoms with Crippen LogP contribution >= 0.6 is 35.0 Å². The van der Waals surface area contributed by atoms with E-state index in [1.54, 1.807) is 19.1 Å². The fourth-order valence-electron chi connectivity index (χ4n) is 3.66. The summed E-state index contributed by atoms with van der Waals surface area (Å²) in [4.78, 5) is 12.6. The molecule has 2 aromatic rings. The summed E-state index contributed by atoms with van der Waals surface area (Å²) in [7, 11) is 0. The van der Waals surface area contributed by atoms with E-state index in [1.165, 1.54) is 18.2 Å². The molecule has 1 heterocycles. The number of halogens is 2. The number of hydrogen-bond acceptors (Lipinski definition) is 5. The van der Waals surface area contributed by atoms with Gasteiger partial charge >= 0.3 is 0 Å². The van der Waals surface area contributed by atoms with Crippen LogP contribution in [0, 0.1) is 17.2 Å². The SMILES string of the molecule is CC(C)C(C)(C#N)NC(=O)CSc1nnc(-c2ccc(Cl)cc2Cl)n1C1CCCCC1. The first-order valence-electron chi connectivity index (χ1n) is 10.5. The molecule has 1 atom stereocenters. The predicted octanol–water partition coefficient (Wildman–Crippen LogP) is 5.90. The molecule has 1 aromatic carbocycles. The minimum Gasteiger partial charge on any atom is -0.337 e. The second-order valence-electron chi connectivity index (χ2n) is 8.40. The van der Waals surface area contributed by atoms with Crippen LogP contribution in [0.2, 0.25) is 10.0 Å². The van der Waals surface area contributed by atoms with Gasteiger partial charge in [0, 0.05) is 16.6 Å². The Hall–Kier alpha value is -1.75. The molecule has 31 heavy (non-hydrogen) atoms. The number of nitrogens with zero attached hydrogens (tertiary/aromatic N) is 4. The molecule has 3 rings (SSSR count). The molecule has 1 saturated carbocycles. The van der Waals surface area contributed by atoms with Crippen LogP contribution in [0.1, 0.15) is 58.9 Å². The second-order valence-corrected chi connectivity index (χ2v) is 10.2. The van der Waals surface area contributed by atoms with Gasteiger partial charge in [0.2, 0.25) is 5.91 Å². The van der Waals surface area contributed by atoms with Crippen molar-refractivity contribution >= 4 is 40.9 Å². The highest BCUT2D eigenvalue weighted by Gasteiger charge is 2.30. The van der Waals surface area contributed by atoms with Crippen LogP contribution in [-0.2, 0) is 4.79 Å². The van der Waals surface area contributed by atoms with E-state index < -0.39 is 5.54 Å². The van der Waals surface area contributed by atoms with Crippen molar-refractivity contribution in [3.05, 3.63) is 28.2 Å². The first-order chi connectivity index (χ1) is 14.7. The van der Waals surface area contributed by atoms with Crippen LogP contribution in [0.5, 0.6) is 0 Å². The number of rotatable bonds is 7. The Labute approximate surface area is 197 Å². The van der Waals surface area contributed by atoms with Crippen molar-refractivity contribution in [3.8, 4) is 17.5 Å². The molecule has 1 amide bonds. The quantitative estimate of drug-likeness (QED) is 0.499. The minimum absolute atomic E-state index is 0.00371. The Bertz CT molecular complexity index is 981. The highest BCUT2D eigenvalue weighted by atomic mass is 35.5. The average Bonchev–Trinajstić information content (AvgIpc) is 3.16. The first kappa shape index (κ1) is 23.9. The van der Waals surface area contributed by atoms with Crippen LogP contribution in [0.25, 0.3) is 11.4 Å². The van der Waals surface area contributed by atoms with Crippen molar-refractivity contribution in [3.63, 3.8) is 0 Å². The summed E-state index contributed by atoms with van der Waals surface area (Å²) in [6, 6.07) is 7.82. The van der Waals surface area contributed by atoms with Gasteiger partial charge < -0.3 is 5.32 Å². The highest BCUT2D eigenvalue weighted by Crippen LogP contribution is 2.38. The number of aromatic nitrogens is 3. The van der Waals surface area contributed by atoms with E-state index in [0.29, 0.717) is 21.0 Å². The van der Waals surface area contributed by atoms with Crippen LogP contribution < -0.4 is 5.32 Å². The largest absolute Gasteiger partial charge is 0.337 e. The summed E-state index contributed by atoms with van der Waals surface area (Å²) < 4.78 is 2.12. The first-order valence-corrected chi connectivity index (χ1v) is 12.2. The molecule has 9 heteroatoms. The lowest BCUT2D eigenvalue weighted by atomic mass is 9.90. The summed E-state index contributed by atoms with van der Waals surface area (Å²) in [6.07, 6.45) is 5.60. The van der Waals surface area contributed by atoms with Gasteiger partial charge in [0.15, 0.2) is 11.0 Å². The van der Waals surface area contributed by atoms with Gasteiger partial charge in [-0.1, -0.05) is 68.1 Å². The number of amides is 1. The van der Waals surface area contributed by atoms with Gasteiger partial charge in [-0.3, -0.25) is 9.36 Å². The maximum Gasteiger partial charge on any atom is 0.231 e. The molecule has 6 nitrogen and oxygen atoms in total. The van der Waals surface area contributed by atoms with Gasteiger partial charge in [-0.15, -0.1) is 10.2 Å². The van der Waals surface area contributed by atoms with Crippen LogP contribution in [0.15, 0.2) is 23.4 Å². The zero-order valence-corrected chi connectivity index (χ0v) is 20.3. The van der Waals surface area contributed by atoms with E-state index in [2.05, 4.69) is 26.2 Å². The van der Waals surface area contributed by atoms with Crippen molar-refractivity contribution in [2.75, 3.05) is 5.75 Å². The second kappa shape index (κ2) is 10.2. The summed E-state index contributed by atoms with van der Waals surface area (Å²) in [5.41, 5.74) is -0.131. The zero-order chi connectivity index (χ0) is 22.6. The topological polar surface area (TPSA) is 83.6 Å². The van der Waals surface area contributed by atoms with E-state index in [-0.39, 0.29) is 23.6 Å². The third-order valence-electron chi connectivity index (χ3n) is 5.89. The van der Waals surface area contributed by atoms with Gasteiger partial charge in [-0.2, -0.15) is 5.26 Å². The number of carbonyl (C=O) groups is 1. The highest BCUT2D eigenvalue weighted by molar-refractivity contribution is 7.99. The van der Waals surface area contributed by atoms with E-state index in [9.17, 15) is 10.1 Å². The summed E-state index contributed by atoms with van der Waals surface area (Å²) in [6.45, 7) is 5.57. The van der Waals surface area contributed by atoms with Gasteiger partial charge in [0.1, 0.15) is 5.54 Å². The van der Waals surface area contributed by atoms with E-state index in [1.807, 2.05) is 19.9 Å². The smallest absolute Gasteiger partial charge is 0.231 e. The molecule has 1 aromatic heterocycles. The van der Waals surface area contributed by atoms with Crippen molar-refractivity contribution in [1.82, 2.24) is 20.1 Å². The monoisotopic (exact) mass is 479 g/mol. The van der Waals surface area contributed by atoms with Crippen molar-refractivity contribution in [1.29, 1.82) is 5.26 Å². The van der Waals surface area contributed by atoms with Gasteiger partial charge in [-0.25, -0.2) is 0 Å². The molecule has 0 aliphatic heterocycles. The number of nitrogens with one attached hydrogen (secondary N) is 1. The van der Waals surface area contributed by atoms with Crippen LogP contribution in [-0.4, -0.2) is 32.0 Å². The predicted molar refractivity (Wildman–Crippen MR) is 125 cm³/mol. The Kier molecular flexibility index (Phi) is 7.90. The van der Waals surface area contributed by atoms with Gasteiger partial charge in [-0.05, 0) is 43.9 Å². The Morgan fingerprint density at radius 2 is 2.03 bits per heavy atom. The number of hydrogen-bond donors (Lipinski definition) is 1. The van der Waals surface area contributed by atoms with Gasteiger partial charge in [0.05, 0.1) is 16.8 Å². The molecule has 1 fully saturated rings. The Balaban J connectivity index is 1.86. The molecular formula is C22H27Cl2N5OS. The number of benzene rings is 1. The fraction of sp³-hybridized carbons (Fsp3) is 0.545. The molecule has 166 valence electrons. The molecule has 1 N–H and O–H groups in total. The Morgan fingerprint density at radius 3 is 2.65 bits per heavy atom. The number of thioether (sulfide) groups is 1. The van der Waals surface area contributed by atoms with E-state index in [0.717, 1.165) is 31.2 Å². The third-order valence-corrected chi connectivity index (χ3v) is 7.39. The third kappa shape index (κ3) is 5.54. The molecule has 0 radical (unpaired) electrons. The lowest BCUT2D eigenvalue weighted by molar-refractivity contribution is -0.120. The standard InChI is InChI=1S/C22H27Cl2N5OS/c1-14(2)22(3,13-25)26-19(30)12-31-21-28-27-20(17-10-9-15(23)11-18(17)24)29(21)16-7-5-4-6-8-16/h9-11,14,16H,4-8,12H2,1-3H3,(H,26,30). The average molecular weight is 480 g/mol. The summed E-state index contributed by atoms with van der Waals surface area (Å²) >= 11 is 13.9. The maximum absolute atomic E-state index is 12.6. The molecule has 0 saturated heterocycles. The molecule has 0 spiro atoms. The van der Waals surface area contributed by atoms with Crippen molar-refractivity contribution in [2.45, 2.75) is 69.6 Å². The number of carbonyl (C=O) groups excluding carboxylic acids is 1. The molecule has 0 bridgehead atoms. The van der Waals surface area contributed by atoms with E-state index >= 15 is 0 Å². The molecule has 1 aliphatic carbocycles. The summed E-state index contributed by atoms with van der Waals surface area (Å²) in [5.74, 6) is 0.645. The fourth-order valence-corrected chi connectivity index (χ4v) is 4.95. The molecule has 1 aliphatic rings. The number of nitriles is 1. The van der Waals surface area contributed by atoms with Crippen molar-refractivity contribution in [2.24, 2.45) is 5.92 Å².